The smallest absolute Gasteiger partial charge is 0.315 e. The minimum atomic E-state index is -0.176. The zero-order valence-corrected chi connectivity index (χ0v) is 12.2. The third-order valence-corrected chi connectivity index (χ3v) is 3.30. The fourth-order valence-corrected chi connectivity index (χ4v) is 2.72. The molecule has 1 saturated heterocycles. The Balaban J connectivity index is 3.20. The van der Waals surface area contributed by atoms with Gasteiger partial charge < -0.3 is 9.80 Å². The molecule has 0 N–H and O–H groups in total. The van der Waals surface area contributed by atoms with E-state index in [-0.39, 0.29) is 29.2 Å². The van der Waals surface area contributed by atoms with Gasteiger partial charge in [0, 0.05) is 11.1 Å². The van der Waals surface area contributed by atoms with Gasteiger partial charge in [-0.3, -0.25) is 0 Å². The lowest BCUT2D eigenvalue weighted by molar-refractivity contribution is 0.124. The first-order chi connectivity index (χ1) is 7.51. The Kier molecular flexibility index (Phi) is 3.34. The number of rotatable bonds is 1. The van der Waals surface area contributed by atoms with Crippen LogP contribution >= 0.6 is 0 Å². The summed E-state index contributed by atoms with van der Waals surface area (Å²) in [5, 5.41) is 0. The van der Waals surface area contributed by atoms with Gasteiger partial charge in [0.1, 0.15) is 0 Å². The molecule has 2 amide bonds. The molecule has 98 valence electrons. The molecule has 0 unspecified atom stereocenters. The van der Waals surface area contributed by atoms with Crippen LogP contribution in [0.15, 0.2) is 12.7 Å². The van der Waals surface area contributed by atoms with E-state index in [9.17, 15) is 4.79 Å². The van der Waals surface area contributed by atoms with Crippen molar-refractivity contribution in [1.82, 2.24) is 9.80 Å². The second kappa shape index (κ2) is 4.04. The van der Waals surface area contributed by atoms with Crippen molar-refractivity contribution in [3.8, 4) is 0 Å². The topological polar surface area (TPSA) is 23.6 Å². The molecule has 0 bridgehead atoms. The van der Waals surface area contributed by atoms with Crippen LogP contribution in [0, 0.1) is 0 Å². The molecule has 0 radical (unpaired) electrons. The summed E-state index contributed by atoms with van der Waals surface area (Å²) in [5.74, 6) is 0. The second-order valence-corrected chi connectivity index (χ2v) is 6.83. The van der Waals surface area contributed by atoms with Gasteiger partial charge in [-0.25, -0.2) is 4.79 Å². The standard InChI is InChI=1S/C14H26N2O/c1-9-11-10(2)15(13(3,4)5)12(17)16(11)14(6,7)8/h9-11H,1H2,2-8H3/t10-,11-/m0/s1. The average molecular weight is 238 g/mol. The Labute approximate surface area is 105 Å². The van der Waals surface area contributed by atoms with E-state index in [1.807, 2.05) is 15.9 Å². The SMILES string of the molecule is C=C[C@H]1[C@H](C)N(C(C)(C)C)C(=O)N1C(C)(C)C. The third-order valence-electron chi connectivity index (χ3n) is 3.30. The minimum absolute atomic E-state index is 0.0849. The van der Waals surface area contributed by atoms with Crippen molar-refractivity contribution in [3.63, 3.8) is 0 Å². The van der Waals surface area contributed by atoms with Gasteiger partial charge >= 0.3 is 6.03 Å². The Morgan fingerprint density at radius 2 is 1.47 bits per heavy atom. The van der Waals surface area contributed by atoms with Gasteiger partial charge in [0.25, 0.3) is 0 Å². The first-order valence-electron chi connectivity index (χ1n) is 6.27. The van der Waals surface area contributed by atoms with Crippen molar-refractivity contribution in [1.29, 1.82) is 0 Å². The lowest BCUT2D eigenvalue weighted by Crippen LogP contribution is -2.50. The Hall–Kier alpha value is -0.990. The highest BCUT2D eigenvalue weighted by Gasteiger charge is 2.49. The van der Waals surface area contributed by atoms with Gasteiger partial charge in [-0.2, -0.15) is 0 Å². The lowest BCUT2D eigenvalue weighted by Gasteiger charge is -2.36. The number of hydrogen-bond acceptors (Lipinski definition) is 1. The molecular weight excluding hydrogens is 212 g/mol. The molecule has 0 aromatic rings. The number of hydrogen-bond donors (Lipinski definition) is 0. The summed E-state index contributed by atoms with van der Waals surface area (Å²) in [6.07, 6.45) is 1.89. The average Bonchev–Trinajstić information content (AvgIpc) is 2.34. The summed E-state index contributed by atoms with van der Waals surface area (Å²) in [5.41, 5.74) is -0.331. The van der Waals surface area contributed by atoms with E-state index >= 15 is 0 Å². The van der Waals surface area contributed by atoms with Crippen molar-refractivity contribution < 1.29 is 4.79 Å². The van der Waals surface area contributed by atoms with E-state index in [1.54, 1.807) is 0 Å². The highest BCUT2D eigenvalue weighted by Crippen LogP contribution is 2.35. The summed E-state index contributed by atoms with van der Waals surface area (Å²) >= 11 is 0. The van der Waals surface area contributed by atoms with Crippen LogP contribution in [0.1, 0.15) is 48.5 Å². The van der Waals surface area contributed by atoms with Crippen LogP contribution in [0.2, 0.25) is 0 Å². The molecule has 0 aromatic carbocycles. The predicted molar refractivity (Wildman–Crippen MR) is 72.0 cm³/mol. The van der Waals surface area contributed by atoms with Crippen LogP contribution in [-0.4, -0.2) is 39.0 Å². The van der Waals surface area contributed by atoms with Gasteiger partial charge in [0.15, 0.2) is 0 Å². The molecule has 1 fully saturated rings. The summed E-state index contributed by atoms with van der Waals surface area (Å²) in [6, 6.07) is 0.364. The predicted octanol–water partition coefficient (Wildman–Crippen LogP) is 3.26. The molecule has 2 atom stereocenters. The monoisotopic (exact) mass is 238 g/mol. The molecule has 1 aliphatic rings. The summed E-state index contributed by atoms with van der Waals surface area (Å²) in [7, 11) is 0. The molecule has 3 heteroatoms. The number of nitrogens with zero attached hydrogens (tertiary/aromatic N) is 2. The fraction of sp³-hybridized carbons (Fsp3) is 0.786. The zero-order chi connectivity index (χ0) is 13.6. The van der Waals surface area contributed by atoms with Crippen molar-refractivity contribution >= 4 is 6.03 Å². The number of carbonyl (C=O) groups excluding carboxylic acids is 1. The van der Waals surface area contributed by atoms with Gasteiger partial charge in [0.2, 0.25) is 0 Å². The first-order valence-corrected chi connectivity index (χ1v) is 6.27. The molecule has 3 nitrogen and oxygen atoms in total. The number of amides is 2. The van der Waals surface area contributed by atoms with Crippen LogP contribution in [0.3, 0.4) is 0 Å². The van der Waals surface area contributed by atoms with Crippen LogP contribution in [0.25, 0.3) is 0 Å². The largest absolute Gasteiger partial charge is 0.321 e. The Morgan fingerprint density at radius 1 is 1.06 bits per heavy atom. The van der Waals surface area contributed by atoms with Gasteiger partial charge in [-0.05, 0) is 48.5 Å². The number of urea groups is 1. The number of carbonyl (C=O) groups is 1. The fourth-order valence-electron chi connectivity index (χ4n) is 2.72. The van der Waals surface area contributed by atoms with E-state index in [4.69, 9.17) is 0 Å². The van der Waals surface area contributed by atoms with Crippen molar-refractivity contribution in [3.05, 3.63) is 12.7 Å². The van der Waals surface area contributed by atoms with E-state index in [0.717, 1.165) is 0 Å². The van der Waals surface area contributed by atoms with Crippen LogP contribution in [0.5, 0.6) is 0 Å². The second-order valence-electron chi connectivity index (χ2n) is 6.83. The highest BCUT2D eigenvalue weighted by molar-refractivity contribution is 5.80. The highest BCUT2D eigenvalue weighted by atomic mass is 16.2. The van der Waals surface area contributed by atoms with Gasteiger partial charge in [-0.1, -0.05) is 6.08 Å². The summed E-state index contributed by atoms with van der Waals surface area (Å²) in [4.78, 5) is 16.5. The summed E-state index contributed by atoms with van der Waals surface area (Å²) < 4.78 is 0. The molecule has 0 spiro atoms. The maximum atomic E-state index is 12.6. The Morgan fingerprint density at radius 3 is 1.71 bits per heavy atom. The Bertz CT molecular complexity index is 322. The molecular formula is C14H26N2O. The van der Waals surface area contributed by atoms with E-state index in [1.165, 1.54) is 0 Å². The van der Waals surface area contributed by atoms with Crippen LogP contribution in [-0.2, 0) is 0 Å². The molecule has 1 aliphatic heterocycles. The third kappa shape index (κ3) is 2.33. The maximum absolute atomic E-state index is 12.6. The van der Waals surface area contributed by atoms with Crippen molar-refractivity contribution in [2.75, 3.05) is 0 Å². The molecule has 0 saturated carbocycles. The van der Waals surface area contributed by atoms with Crippen molar-refractivity contribution in [2.45, 2.75) is 71.6 Å². The molecule has 1 heterocycles. The molecule has 17 heavy (non-hydrogen) atoms. The minimum Gasteiger partial charge on any atom is -0.315 e. The molecule has 1 rings (SSSR count). The zero-order valence-electron chi connectivity index (χ0n) is 12.2. The normalized spacial score (nSPS) is 26.6. The first kappa shape index (κ1) is 14.1. The van der Waals surface area contributed by atoms with Gasteiger partial charge in [0.05, 0.1) is 12.1 Å². The molecule has 0 aromatic heterocycles. The summed E-state index contributed by atoms with van der Waals surface area (Å²) in [6.45, 7) is 18.4. The van der Waals surface area contributed by atoms with Crippen molar-refractivity contribution in [2.24, 2.45) is 0 Å². The van der Waals surface area contributed by atoms with Gasteiger partial charge in [-0.15, -0.1) is 6.58 Å². The quantitative estimate of drug-likeness (QED) is 0.643. The molecule has 0 aliphatic carbocycles. The maximum Gasteiger partial charge on any atom is 0.321 e. The van der Waals surface area contributed by atoms with Crippen LogP contribution < -0.4 is 0 Å². The van der Waals surface area contributed by atoms with E-state index in [0.29, 0.717) is 0 Å². The van der Waals surface area contributed by atoms with Crippen LogP contribution in [0.4, 0.5) is 4.79 Å². The van der Waals surface area contributed by atoms with E-state index in [2.05, 4.69) is 55.0 Å². The van der Waals surface area contributed by atoms with E-state index < -0.39 is 0 Å². The lowest BCUT2D eigenvalue weighted by atomic mass is 10.0.